The second kappa shape index (κ2) is 3.61. The molecule has 0 aliphatic heterocycles. The first-order chi connectivity index (χ1) is 6.70. The van der Waals surface area contributed by atoms with E-state index in [2.05, 4.69) is 27.6 Å². The number of carbonyl (C=O) groups is 1. The molecule has 0 saturated heterocycles. The zero-order chi connectivity index (χ0) is 10.1. The molecule has 0 fully saturated rings. The van der Waals surface area contributed by atoms with Crippen LogP contribution in [0.5, 0.6) is 0 Å². The predicted octanol–water partition coefficient (Wildman–Crippen LogP) is 2.79. The summed E-state index contributed by atoms with van der Waals surface area (Å²) in [5.74, 6) is -0.295. The summed E-state index contributed by atoms with van der Waals surface area (Å²) in [5, 5.41) is 0.733. The van der Waals surface area contributed by atoms with E-state index in [0.717, 1.165) is 8.96 Å². The Labute approximate surface area is 93.3 Å². The highest BCUT2D eigenvalue weighted by atomic mass is 127. The van der Waals surface area contributed by atoms with Gasteiger partial charge in [-0.05, 0) is 46.9 Å². The highest BCUT2D eigenvalue weighted by molar-refractivity contribution is 14.1. The van der Waals surface area contributed by atoms with Gasteiger partial charge < -0.3 is 0 Å². The summed E-state index contributed by atoms with van der Waals surface area (Å²) in [4.78, 5) is 14.6. The molecule has 2 nitrogen and oxygen atoms in total. The van der Waals surface area contributed by atoms with Crippen molar-refractivity contribution in [2.24, 2.45) is 0 Å². The maximum absolute atomic E-state index is 12.9. The lowest BCUT2D eigenvalue weighted by atomic mass is 10.2. The second-order valence-corrected chi connectivity index (χ2v) is 3.97. The van der Waals surface area contributed by atoms with Crippen molar-refractivity contribution in [3.8, 4) is 0 Å². The van der Waals surface area contributed by atoms with E-state index >= 15 is 0 Å². The molecule has 1 aromatic heterocycles. The lowest BCUT2D eigenvalue weighted by molar-refractivity contribution is 0.111. The van der Waals surface area contributed by atoms with Crippen LogP contribution in [0.15, 0.2) is 24.3 Å². The Morgan fingerprint density at radius 1 is 1.36 bits per heavy atom. The third-order valence-electron chi connectivity index (χ3n) is 1.86. The Balaban J connectivity index is 2.82. The molecule has 0 N–H and O–H groups in total. The number of pyridine rings is 1. The van der Waals surface area contributed by atoms with Gasteiger partial charge in [0.15, 0.2) is 6.29 Å². The Morgan fingerprint density at radius 3 is 2.86 bits per heavy atom. The summed E-state index contributed by atoms with van der Waals surface area (Å²) in [6, 6.07) is 5.95. The first kappa shape index (κ1) is 9.51. The Kier molecular flexibility index (Phi) is 2.45. The Morgan fingerprint density at radius 2 is 2.14 bits per heavy atom. The molecule has 0 aliphatic carbocycles. The molecule has 70 valence electrons. The number of benzene rings is 1. The van der Waals surface area contributed by atoms with Crippen LogP contribution in [0, 0.1) is 9.39 Å². The highest BCUT2D eigenvalue weighted by Crippen LogP contribution is 2.20. The molecular weight excluding hydrogens is 296 g/mol. The van der Waals surface area contributed by atoms with Crippen LogP contribution < -0.4 is 0 Å². The van der Waals surface area contributed by atoms with Gasteiger partial charge in [-0.2, -0.15) is 0 Å². The number of carbonyl (C=O) groups excluding carboxylic acids is 1. The Hall–Kier alpha value is -1.04. The third kappa shape index (κ3) is 1.61. The number of aldehydes is 1. The number of hydrogen-bond donors (Lipinski definition) is 0. The van der Waals surface area contributed by atoms with Crippen LogP contribution in [-0.4, -0.2) is 11.3 Å². The largest absolute Gasteiger partial charge is 0.296 e. The molecule has 0 bridgehead atoms. The summed E-state index contributed by atoms with van der Waals surface area (Å²) in [6.07, 6.45) is 0.685. The quantitative estimate of drug-likeness (QED) is 0.599. The van der Waals surface area contributed by atoms with E-state index in [-0.39, 0.29) is 5.82 Å². The van der Waals surface area contributed by atoms with Crippen LogP contribution in [0.25, 0.3) is 10.9 Å². The van der Waals surface area contributed by atoms with Crippen molar-refractivity contribution >= 4 is 39.8 Å². The predicted molar refractivity (Wildman–Crippen MR) is 59.8 cm³/mol. The molecule has 2 rings (SSSR count). The maximum Gasteiger partial charge on any atom is 0.168 e. The van der Waals surface area contributed by atoms with Gasteiger partial charge in [-0.3, -0.25) is 4.79 Å². The topological polar surface area (TPSA) is 30.0 Å². The van der Waals surface area contributed by atoms with Gasteiger partial charge in [-0.15, -0.1) is 0 Å². The van der Waals surface area contributed by atoms with Crippen molar-refractivity contribution in [1.29, 1.82) is 0 Å². The molecule has 14 heavy (non-hydrogen) atoms. The van der Waals surface area contributed by atoms with E-state index < -0.39 is 0 Å². The fourth-order valence-corrected chi connectivity index (χ4v) is 1.99. The maximum atomic E-state index is 12.9. The van der Waals surface area contributed by atoms with Crippen LogP contribution in [-0.2, 0) is 0 Å². The van der Waals surface area contributed by atoms with Gasteiger partial charge in [-0.1, -0.05) is 0 Å². The number of hydrogen-bond acceptors (Lipinski definition) is 2. The van der Waals surface area contributed by atoms with Gasteiger partial charge in [0.2, 0.25) is 0 Å². The van der Waals surface area contributed by atoms with Crippen LogP contribution in [0.4, 0.5) is 4.39 Å². The van der Waals surface area contributed by atoms with Crippen LogP contribution in [0.1, 0.15) is 10.5 Å². The fourth-order valence-electron chi connectivity index (χ4n) is 1.24. The van der Waals surface area contributed by atoms with Crippen LogP contribution in [0.3, 0.4) is 0 Å². The molecule has 0 spiro atoms. The zero-order valence-electron chi connectivity index (χ0n) is 7.00. The van der Waals surface area contributed by atoms with Gasteiger partial charge in [0, 0.05) is 8.96 Å². The molecule has 0 saturated carbocycles. The van der Waals surface area contributed by atoms with Crippen molar-refractivity contribution in [3.05, 3.63) is 39.3 Å². The molecule has 0 atom stereocenters. The van der Waals surface area contributed by atoms with Crippen molar-refractivity contribution in [1.82, 2.24) is 4.98 Å². The summed E-state index contributed by atoms with van der Waals surface area (Å²) in [6.45, 7) is 0. The number of fused-ring (bicyclic) bond motifs is 1. The van der Waals surface area contributed by atoms with Crippen molar-refractivity contribution < 1.29 is 9.18 Å². The van der Waals surface area contributed by atoms with Crippen molar-refractivity contribution in [3.63, 3.8) is 0 Å². The third-order valence-corrected chi connectivity index (χ3v) is 2.75. The van der Waals surface area contributed by atoms with Crippen LogP contribution in [0.2, 0.25) is 0 Å². The molecule has 0 unspecified atom stereocenters. The minimum Gasteiger partial charge on any atom is -0.296 e. The summed E-state index contributed by atoms with van der Waals surface area (Å²) in [5.41, 5.74) is 1.01. The lowest BCUT2D eigenvalue weighted by Crippen LogP contribution is -1.91. The van der Waals surface area contributed by atoms with E-state index in [9.17, 15) is 9.18 Å². The highest BCUT2D eigenvalue weighted by Gasteiger charge is 2.03. The first-order valence-corrected chi connectivity index (χ1v) is 4.99. The number of aromatic nitrogens is 1. The normalized spacial score (nSPS) is 10.4. The van der Waals surface area contributed by atoms with E-state index in [1.807, 2.05) is 0 Å². The number of rotatable bonds is 1. The average Bonchev–Trinajstić information content (AvgIpc) is 2.19. The van der Waals surface area contributed by atoms with E-state index in [1.165, 1.54) is 12.1 Å². The van der Waals surface area contributed by atoms with Crippen LogP contribution >= 0.6 is 22.6 Å². The van der Waals surface area contributed by atoms with Crippen molar-refractivity contribution in [2.45, 2.75) is 0 Å². The standard InChI is InChI=1S/C10H5FINO/c11-6-1-2-10-8(3-6)9(12)4-7(5-14)13-10/h1-5H. The molecular formula is C10H5FINO. The zero-order valence-corrected chi connectivity index (χ0v) is 9.16. The lowest BCUT2D eigenvalue weighted by Gasteiger charge is -2.01. The van der Waals surface area contributed by atoms with Crippen molar-refractivity contribution in [2.75, 3.05) is 0 Å². The number of nitrogens with zero attached hydrogens (tertiary/aromatic N) is 1. The van der Waals surface area contributed by atoms with Gasteiger partial charge in [0.05, 0.1) is 5.52 Å². The fraction of sp³-hybridized carbons (Fsp3) is 0. The molecule has 2 aromatic rings. The molecule has 4 heteroatoms. The monoisotopic (exact) mass is 301 g/mol. The smallest absolute Gasteiger partial charge is 0.168 e. The minimum atomic E-state index is -0.295. The van der Waals surface area contributed by atoms with E-state index in [4.69, 9.17) is 0 Å². The SMILES string of the molecule is O=Cc1cc(I)c2cc(F)ccc2n1. The molecule has 0 radical (unpaired) electrons. The second-order valence-electron chi connectivity index (χ2n) is 2.81. The molecule has 0 aliphatic rings. The molecule has 1 heterocycles. The summed E-state index contributed by atoms with van der Waals surface area (Å²) in [7, 11) is 0. The first-order valence-electron chi connectivity index (χ1n) is 3.91. The minimum absolute atomic E-state index is 0.295. The molecule has 1 aromatic carbocycles. The van der Waals surface area contributed by atoms with E-state index in [0.29, 0.717) is 17.5 Å². The Bertz CT molecular complexity index is 513. The van der Waals surface area contributed by atoms with Gasteiger partial charge in [0.1, 0.15) is 11.5 Å². The molecule has 0 amide bonds. The van der Waals surface area contributed by atoms with E-state index in [1.54, 1.807) is 12.1 Å². The van der Waals surface area contributed by atoms with Gasteiger partial charge in [0.25, 0.3) is 0 Å². The van der Waals surface area contributed by atoms with Gasteiger partial charge >= 0.3 is 0 Å². The summed E-state index contributed by atoms with van der Waals surface area (Å²) < 4.78 is 13.7. The van der Waals surface area contributed by atoms with Gasteiger partial charge in [-0.25, -0.2) is 9.37 Å². The average molecular weight is 301 g/mol. The summed E-state index contributed by atoms with van der Waals surface area (Å²) >= 11 is 2.06. The number of halogens is 2.